The van der Waals surface area contributed by atoms with E-state index >= 15 is 0 Å². The second kappa shape index (κ2) is 7.01. The first-order valence-electron chi connectivity index (χ1n) is 8.11. The number of ether oxygens (including phenoxy) is 1. The van der Waals surface area contributed by atoms with E-state index < -0.39 is 10.0 Å². The summed E-state index contributed by atoms with van der Waals surface area (Å²) in [5.74, 6) is 1.15. The zero-order valence-corrected chi connectivity index (χ0v) is 14.8. The second-order valence-electron chi connectivity index (χ2n) is 6.31. The van der Waals surface area contributed by atoms with Crippen LogP contribution in [0.1, 0.15) is 50.7 Å². The van der Waals surface area contributed by atoms with Gasteiger partial charge in [0.15, 0.2) is 0 Å². The van der Waals surface area contributed by atoms with Crippen molar-refractivity contribution in [3.05, 3.63) is 23.3 Å². The molecule has 1 N–H and O–H groups in total. The van der Waals surface area contributed by atoms with Crippen molar-refractivity contribution in [2.24, 2.45) is 5.92 Å². The lowest BCUT2D eigenvalue weighted by molar-refractivity contribution is 0.310. The van der Waals surface area contributed by atoms with Gasteiger partial charge in [-0.1, -0.05) is 19.8 Å². The summed E-state index contributed by atoms with van der Waals surface area (Å²) >= 11 is 0. The predicted molar refractivity (Wildman–Crippen MR) is 88.8 cm³/mol. The lowest BCUT2D eigenvalue weighted by Crippen LogP contribution is -2.41. The predicted octanol–water partition coefficient (Wildman–Crippen LogP) is 3.56. The largest absolute Gasteiger partial charge is 0.494 e. The van der Waals surface area contributed by atoms with E-state index in [1.165, 1.54) is 6.42 Å². The zero-order valence-electron chi connectivity index (χ0n) is 14.0. The van der Waals surface area contributed by atoms with Crippen LogP contribution in [0.2, 0.25) is 0 Å². The number of nitrogens with one attached hydrogen (secondary N) is 1. The maximum atomic E-state index is 12.7. The highest BCUT2D eigenvalue weighted by molar-refractivity contribution is 7.89. The third-order valence-corrected chi connectivity index (χ3v) is 6.11. The molecule has 22 heavy (non-hydrogen) atoms. The molecule has 1 aromatic carbocycles. The normalized spacial score (nSPS) is 22.5. The van der Waals surface area contributed by atoms with E-state index in [0.717, 1.165) is 36.1 Å². The minimum Gasteiger partial charge on any atom is -0.494 e. The molecule has 1 aliphatic rings. The van der Waals surface area contributed by atoms with Gasteiger partial charge in [-0.3, -0.25) is 0 Å². The van der Waals surface area contributed by atoms with E-state index in [1.807, 2.05) is 26.8 Å². The van der Waals surface area contributed by atoms with E-state index in [1.54, 1.807) is 6.07 Å². The molecule has 1 saturated carbocycles. The standard InChI is InChI=1S/C17H27NO3S/c1-5-21-16-10-14(4)17(11-13(16)3)22(19,20)18-15-9-7-6-8-12(15)2/h10-12,15,18H,5-9H2,1-4H3/t12-,15-/m0/s1. The average Bonchev–Trinajstić information content (AvgIpc) is 2.45. The lowest BCUT2D eigenvalue weighted by Gasteiger charge is -2.29. The zero-order chi connectivity index (χ0) is 16.3. The summed E-state index contributed by atoms with van der Waals surface area (Å²) in [6.45, 7) is 8.33. The fourth-order valence-corrected chi connectivity index (χ4v) is 4.81. The number of rotatable bonds is 5. The first-order chi connectivity index (χ1) is 10.3. The van der Waals surface area contributed by atoms with E-state index in [9.17, 15) is 8.42 Å². The van der Waals surface area contributed by atoms with Crippen molar-refractivity contribution >= 4 is 10.0 Å². The molecule has 5 heteroatoms. The van der Waals surface area contributed by atoms with Crippen molar-refractivity contribution in [1.29, 1.82) is 0 Å². The maximum absolute atomic E-state index is 12.7. The Morgan fingerprint density at radius 2 is 1.86 bits per heavy atom. The third-order valence-electron chi connectivity index (χ3n) is 4.48. The van der Waals surface area contributed by atoms with Crippen molar-refractivity contribution in [1.82, 2.24) is 4.72 Å². The van der Waals surface area contributed by atoms with E-state index in [4.69, 9.17) is 4.74 Å². The Balaban J connectivity index is 2.27. The van der Waals surface area contributed by atoms with Crippen molar-refractivity contribution < 1.29 is 13.2 Å². The number of sulfonamides is 1. The SMILES string of the molecule is CCOc1cc(C)c(S(=O)(=O)N[C@H]2CCCC[C@@H]2C)cc1C. The van der Waals surface area contributed by atoms with Gasteiger partial charge in [-0.2, -0.15) is 0 Å². The first-order valence-corrected chi connectivity index (χ1v) is 9.60. The van der Waals surface area contributed by atoms with Gasteiger partial charge in [-0.25, -0.2) is 13.1 Å². The van der Waals surface area contributed by atoms with E-state index in [-0.39, 0.29) is 6.04 Å². The topological polar surface area (TPSA) is 55.4 Å². The molecule has 2 rings (SSSR count). The molecule has 1 fully saturated rings. The van der Waals surface area contributed by atoms with Crippen molar-refractivity contribution in [3.63, 3.8) is 0 Å². The van der Waals surface area contributed by atoms with Gasteiger partial charge in [0.2, 0.25) is 10.0 Å². The fourth-order valence-electron chi connectivity index (χ4n) is 3.12. The molecule has 1 aromatic rings. The van der Waals surface area contributed by atoms with Gasteiger partial charge in [0, 0.05) is 6.04 Å². The van der Waals surface area contributed by atoms with Crippen LogP contribution in [0.3, 0.4) is 0 Å². The van der Waals surface area contributed by atoms with Crippen LogP contribution in [0.5, 0.6) is 5.75 Å². The third kappa shape index (κ3) is 3.82. The molecule has 0 heterocycles. The Morgan fingerprint density at radius 3 is 2.50 bits per heavy atom. The fraction of sp³-hybridized carbons (Fsp3) is 0.647. The van der Waals surface area contributed by atoms with Gasteiger partial charge in [-0.15, -0.1) is 0 Å². The molecule has 0 radical (unpaired) electrons. The molecule has 0 aliphatic heterocycles. The minimum atomic E-state index is -3.48. The molecule has 0 unspecified atom stereocenters. The van der Waals surface area contributed by atoms with Gasteiger partial charge >= 0.3 is 0 Å². The van der Waals surface area contributed by atoms with Crippen LogP contribution in [-0.4, -0.2) is 21.1 Å². The van der Waals surface area contributed by atoms with Crippen LogP contribution in [0.15, 0.2) is 17.0 Å². The lowest BCUT2D eigenvalue weighted by atomic mass is 9.87. The molecule has 0 spiro atoms. The molecule has 1 aliphatic carbocycles. The van der Waals surface area contributed by atoms with Crippen molar-refractivity contribution in [2.45, 2.75) is 64.3 Å². The minimum absolute atomic E-state index is 0.0463. The van der Waals surface area contributed by atoms with Gasteiger partial charge in [-0.05, 0) is 62.8 Å². The van der Waals surface area contributed by atoms with Gasteiger partial charge in [0.25, 0.3) is 0 Å². The second-order valence-corrected chi connectivity index (χ2v) is 7.99. The Labute approximate surface area is 134 Å². The highest BCUT2D eigenvalue weighted by Crippen LogP contribution is 2.28. The molecular formula is C17H27NO3S. The van der Waals surface area contributed by atoms with Crippen LogP contribution in [0.4, 0.5) is 0 Å². The molecule has 0 amide bonds. The van der Waals surface area contributed by atoms with Gasteiger partial charge in [0.1, 0.15) is 5.75 Å². The number of hydrogen-bond acceptors (Lipinski definition) is 3. The quantitative estimate of drug-likeness (QED) is 0.900. The summed E-state index contributed by atoms with van der Waals surface area (Å²) < 4.78 is 33.9. The summed E-state index contributed by atoms with van der Waals surface area (Å²) in [6, 6.07) is 3.58. The Hall–Kier alpha value is -1.07. The van der Waals surface area contributed by atoms with Crippen LogP contribution in [0, 0.1) is 19.8 Å². The van der Waals surface area contributed by atoms with Crippen LogP contribution in [0.25, 0.3) is 0 Å². The van der Waals surface area contributed by atoms with E-state index in [2.05, 4.69) is 11.6 Å². The molecule has 0 bridgehead atoms. The summed E-state index contributed by atoms with van der Waals surface area (Å²) in [5, 5.41) is 0. The number of aryl methyl sites for hydroxylation is 2. The number of hydrogen-bond donors (Lipinski definition) is 1. The van der Waals surface area contributed by atoms with E-state index in [0.29, 0.717) is 17.4 Å². The summed E-state index contributed by atoms with van der Waals surface area (Å²) in [7, 11) is -3.48. The maximum Gasteiger partial charge on any atom is 0.241 e. The molecule has 0 saturated heterocycles. The number of benzene rings is 1. The van der Waals surface area contributed by atoms with Crippen LogP contribution < -0.4 is 9.46 Å². The molecular weight excluding hydrogens is 298 g/mol. The molecule has 4 nitrogen and oxygen atoms in total. The molecule has 2 atom stereocenters. The summed E-state index contributed by atoms with van der Waals surface area (Å²) in [4.78, 5) is 0.367. The Bertz CT molecular complexity index is 625. The Kier molecular flexibility index (Phi) is 5.50. The van der Waals surface area contributed by atoms with Crippen LogP contribution >= 0.6 is 0 Å². The average molecular weight is 325 g/mol. The van der Waals surface area contributed by atoms with Crippen molar-refractivity contribution in [3.8, 4) is 5.75 Å². The highest BCUT2D eigenvalue weighted by Gasteiger charge is 2.28. The Morgan fingerprint density at radius 1 is 1.18 bits per heavy atom. The molecule has 124 valence electrons. The van der Waals surface area contributed by atoms with Crippen molar-refractivity contribution in [2.75, 3.05) is 6.61 Å². The van der Waals surface area contributed by atoms with Gasteiger partial charge < -0.3 is 4.74 Å². The smallest absolute Gasteiger partial charge is 0.241 e. The highest BCUT2D eigenvalue weighted by atomic mass is 32.2. The first kappa shape index (κ1) is 17.3. The van der Waals surface area contributed by atoms with Crippen LogP contribution in [-0.2, 0) is 10.0 Å². The summed E-state index contributed by atoms with van der Waals surface area (Å²) in [5.41, 5.74) is 1.58. The van der Waals surface area contributed by atoms with Gasteiger partial charge in [0.05, 0.1) is 11.5 Å². The summed E-state index contributed by atoms with van der Waals surface area (Å²) in [6.07, 6.45) is 4.31. The molecule has 0 aromatic heterocycles. The monoisotopic (exact) mass is 325 g/mol.